The van der Waals surface area contributed by atoms with Gasteiger partial charge < -0.3 is 4.90 Å². The van der Waals surface area contributed by atoms with Crippen LogP contribution in [0.2, 0.25) is 0 Å². The van der Waals surface area contributed by atoms with Gasteiger partial charge in [0.2, 0.25) is 5.91 Å². The highest BCUT2D eigenvalue weighted by Crippen LogP contribution is 2.11. The van der Waals surface area contributed by atoms with Crippen molar-refractivity contribution in [2.45, 2.75) is 20.0 Å². The normalized spacial score (nSPS) is 10.9. The molecule has 0 fully saturated rings. The van der Waals surface area contributed by atoms with Gasteiger partial charge in [0.15, 0.2) is 0 Å². The second-order valence-corrected chi connectivity index (χ2v) is 6.34. The number of amides is 1. The van der Waals surface area contributed by atoms with Gasteiger partial charge in [-0.15, -0.1) is 11.3 Å². The summed E-state index contributed by atoms with van der Waals surface area (Å²) in [5.74, 6) is -0.144. The number of rotatable bonds is 4. The van der Waals surface area contributed by atoms with Crippen molar-refractivity contribution in [3.63, 3.8) is 0 Å². The van der Waals surface area contributed by atoms with E-state index in [0.29, 0.717) is 17.6 Å². The summed E-state index contributed by atoms with van der Waals surface area (Å²) in [6.07, 6.45) is 1.25. The number of carbonyl (C=O) groups is 1. The molecule has 0 aliphatic carbocycles. The van der Waals surface area contributed by atoms with Crippen LogP contribution in [-0.2, 0) is 17.9 Å². The molecule has 0 saturated carbocycles. The minimum Gasteiger partial charge on any atom is -0.338 e. The third-order valence-electron chi connectivity index (χ3n) is 3.54. The number of fused-ring (bicyclic) bond motifs is 1. The number of nitrogens with zero attached hydrogens (tertiary/aromatic N) is 4. The van der Waals surface area contributed by atoms with Crippen molar-refractivity contribution >= 4 is 28.3 Å². The van der Waals surface area contributed by atoms with Crippen LogP contribution in [0.15, 0.2) is 40.6 Å². The van der Waals surface area contributed by atoms with Crippen molar-refractivity contribution in [2.75, 3.05) is 7.05 Å². The topological polar surface area (TPSA) is 68.1 Å². The van der Waals surface area contributed by atoms with E-state index in [0.717, 1.165) is 10.7 Å². The standard InChI is InChI=1S/C16H16N4O2S/c1-11-18-12(10-23-11)8-19(2)16(22)9-20-14-6-4-3-5-13(14)17-7-15(20)21/h3-7,10H,8-9H2,1-2H3. The van der Waals surface area contributed by atoms with Crippen molar-refractivity contribution < 1.29 is 4.79 Å². The summed E-state index contributed by atoms with van der Waals surface area (Å²) in [6.45, 7) is 2.35. The van der Waals surface area contributed by atoms with Crippen LogP contribution in [0.4, 0.5) is 0 Å². The van der Waals surface area contributed by atoms with Gasteiger partial charge in [-0.3, -0.25) is 14.2 Å². The second-order valence-electron chi connectivity index (χ2n) is 5.28. The lowest BCUT2D eigenvalue weighted by molar-refractivity contribution is -0.131. The molecule has 0 aliphatic rings. The number of hydrogen-bond donors (Lipinski definition) is 0. The Balaban J connectivity index is 1.82. The maximum Gasteiger partial charge on any atom is 0.269 e. The molecular weight excluding hydrogens is 312 g/mol. The number of para-hydroxylation sites is 2. The van der Waals surface area contributed by atoms with E-state index < -0.39 is 0 Å². The van der Waals surface area contributed by atoms with Crippen LogP contribution < -0.4 is 5.56 Å². The number of likely N-dealkylation sites (N-methyl/N-ethyl adjacent to an activating group) is 1. The Bertz CT molecular complexity index is 916. The van der Waals surface area contributed by atoms with E-state index in [4.69, 9.17) is 0 Å². The van der Waals surface area contributed by atoms with Crippen molar-refractivity contribution in [3.05, 3.63) is 56.9 Å². The average Bonchev–Trinajstić information content (AvgIpc) is 2.95. The van der Waals surface area contributed by atoms with Crippen LogP contribution in [0.1, 0.15) is 10.7 Å². The Morgan fingerprint density at radius 1 is 1.35 bits per heavy atom. The molecule has 0 saturated heterocycles. The van der Waals surface area contributed by atoms with Crippen LogP contribution in [-0.4, -0.2) is 32.4 Å². The zero-order chi connectivity index (χ0) is 16.4. The molecule has 0 N–H and O–H groups in total. The first-order valence-electron chi connectivity index (χ1n) is 7.14. The van der Waals surface area contributed by atoms with Gasteiger partial charge in [0.1, 0.15) is 6.54 Å². The van der Waals surface area contributed by atoms with Crippen LogP contribution in [0.3, 0.4) is 0 Å². The SMILES string of the molecule is Cc1nc(CN(C)C(=O)Cn2c(=O)cnc3ccccc32)cs1. The van der Waals surface area contributed by atoms with E-state index in [1.54, 1.807) is 29.4 Å². The molecule has 0 aliphatic heterocycles. The molecule has 6 nitrogen and oxygen atoms in total. The summed E-state index contributed by atoms with van der Waals surface area (Å²) in [6, 6.07) is 7.28. The van der Waals surface area contributed by atoms with E-state index in [1.165, 1.54) is 10.8 Å². The van der Waals surface area contributed by atoms with Gasteiger partial charge in [0.25, 0.3) is 5.56 Å². The molecule has 118 valence electrons. The molecule has 1 aromatic carbocycles. The quantitative estimate of drug-likeness (QED) is 0.732. The molecule has 0 radical (unpaired) electrons. The summed E-state index contributed by atoms with van der Waals surface area (Å²) in [7, 11) is 1.71. The maximum absolute atomic E-state index is 12.4. The number of aromatic nitrogens is 3. The van der Waals surface area contributed by atoms with E-state index in [-0.39, 0.29) is 18.0 Å². The summed E-state index contributed by atoms with van der Waals surface area (Å²) in [5.41, 5.74) is 1.93. The lowest BCUT2D eigenvalue weighted by atomic mass is 10.3. The van der Waals surface area contributed by atoms with Gasteiger partial charge >= 0.3 is 0 Å². The number of thiazole rings is 1. The predicted molar refractivity (Wildman–Crippen MR) is 89.3 cm³/mol. The largest absolute Gasteiger partial charge is 0.338 e. The van der Waals surface area contributed by atoms with Crippen LogP contribution in [0.25, 0.3) is 11.0 Å². The second kappa shape index (κ2) is 6.29. The van der Waals surface area contributed by atoms with Gasteiger partial charge in [0.05, 0.1) is 34.5 Å². The Morgan fingerprint density at radius 3 is 2.87 bits per heavy atom. The first kappa shape index (κ1) is 15.4. The third-order valence-corrected chi connectivity index (χ3v) is 4.36. The van der Waals surface area contributed by atoms with Crippen LogP contribution in [0, 0.1) is 6.92 Å². The lowest BCUT2D eigenvalue weighted by Gasteiger charge is -2.17. The number of benzene rings is 1. The third kappa shape index (κ3) is 3.29. The van der Waals surface area contributed by atoms with E-state index in [2.05, 4.69) is 9.97 Å². The fraction of sp³-hybridized carbons (Fsp3) is 0.250. The number of carbonyl (C=O) groups excluding carboxylic acids is 1. The van der Waals surface area contributed by atoms with Crippen molar-refractivity contribution in [1.82, 2.24) is 19.4 Å². The van der Waals surface area contributed by atoms with E-state index >= 15 is 0 Å². The van der Waals surface area contributed by atoms with Gasteiger partial charge in [0, 0.05) is 12.4 Å². The average molecular weight is 328 g/mol. The molecule has 0 unspecified atom stereocenters. The van der Waals surface area contributed by atoms with Crippen LogP contribution in [0.5, 0.6) is 0 Å². The number of aryl methyl sites for hydroxylation is 1. The Labute approximate surface area is 137 Å². The zero-order valence-corrected chi connectivity index (χ0v) is 13.7. The molecule has 0 bridgehead atoms. The van der Waals surface area contributed by atoms with Crippen molar-refractivity contribution in [3.8, 4) is 0 Å². The highest BCUT2D eigenvalue weighted by Gasteiger charge is 2.14. The summed E-state index contributed by atoms with van der Waals surface area (Å²) in [5, 5.41) is 2.91. The van der Waals surface area contributed by atoms with Gasteiger partial charge in [-0.1, -0.05) is 12.1 Å². The van der Waals surface area contributed by atoms with Crippen molar-refractivity contribution in [1.29, 1.82) is 0 Å². The minimum atomic E-state index is -0.282. The fourth-order valence-electron chi connectivity index (χ4n) is 2.35. The molecule has 3 aromatic rings. The highest BCUT2D eigenvalue weighted by molar-refractivity contribution is 7.09. The Morgan fingerprint density at radius 2 is 2.13 bits per heavy atom. The predicted octanol–water partition coefficient (Wildman–Crippen LogP) is 1.82. The first-order valence-corrected chi connectivity index (χ1v) is 8.02. The van der Waals surface area contributed by atoms with Gasteiger partial charge in [-0.2, -0.15) is 0 Å². The minimum absolute atomic E-state index is 0.0124. The van der Waals surface area contributed by atoms with E-state index in [1.807, 2.05) is 30.5 Å². The molecule has 3 rings (SSSR count). The smallest absolute Gasteiger partial charge is 0.269 e. The molecular formula is C16H16N4O2S. The summed E-state index contributed by atoms with van der Waals surface area (Å²) >= 11 is 1.55. The summed E-state index contributed by atoms with van der Waals surface area (Å²) in [4.78, 5) is 34.5. The molecule has 1 amide bonds. The molecule has 0 spiro atoms. The van der Waals surface area contributed by atoms with Crippen LogP contribution >= 0.6 is 11.3 Å². The van der Waals surface area contributed by atoms with Gasteiger partial charge in [-0.05, 0) is 19.1 Å². The molecule has 23 heavy (non-hydrogen) atoms. The molecule has 0 atom stereocenters. The van der Waals surface area contributed by atoms with E-state index in [9.17, 15) is 9.59 Å². The summed E-state index contributed by atoms with van der Waals surface area (Å²) < 4.78 is 1.45. The first-order chi connectivity index (χ1) is 11.0. The molecule has 2 heterocycles. The Kier molecular flexibility index (Phi) is 4.20. The maximum atomic E-state index is 12.4. The monoisotopic (exact) mass is 328 g/mol. The van der Waals surface area contributed by atoms with Crippen molar-refractivity contribution in [2.24, 2.45) is 0 Å². The molecule has 7 heteroatoms. The zero-order valence-electron chi connectivity index (χ0n) is 12.9. The Hall–Kier alpha value is -2.54. The highest BCUT2D eigenvalue weighted by atomic mass is 32.1. The fourth-order valence-corrected chi connectivity index (χ4v) is 2.95. The lowest BCUT2D eigenvalue weighted by Crippen LogP contribution is -2.33. The molecule has 2 aromatic heterocycles. The van der Waals surface area contributed by atoms with Gasteiger partial charge in [-0.25, -0.2) is 9.97 Å². The number of hydrogen-bond acceptors (Lipinski definition) is 5.